The molecular formula is C39H33B10N3OS. The Bertz CT molecular complexity index is 2940. The normalized spacial score (nSPS) is 11.7. The van der Waals surface area contributed by atoms with Gasteiger partial charge in [0.15, 0.2) is 17.5 Å². The van der Waals surface area contributed by atoms with Crippen LogP contribution in [0.1, 0.15) is 0 Å². The summed E-state index contributed by atoms with van der Waals surface area (Å²) in [6.07, 6.45) is 0. The lowest BCUT2D eigenvalue weighted by atomic mass is 9.60. The molecule has 0 spiro atoms. The van der Waals surface area contributed by atoms with E-state index in [-0.39, 0.29) is 0 Å². The molecule has 0 saturated heterocycles. The summed E-state index contributed by atoms with van der Waals surface area (Å²) in [4.78, 5) is 15.8. The van der Waals surface area contributed by atoms with Crippen molar-refractivity contribution in [1.82, 2.24) is 15.0 Å². The first-order chi connectivity index (χ1) is 25.9. The summed E-state index contributed by atoms with van der Waals surface area (Å²) >= 11 is 1.85. The van der Waals surface area contributed by atoms with Crippen molar-refractivity contribution >= 4 is 187 Å². The maximum Gasteiger partial charge on any atom is 0.164 e. The Kier molecular flexibility index (Phi) is 8.24. The molecule has 54 heavy (non-hydrogen) atoms. The van der Waals surface area contributed by atoms with E-state index in [4.69, 9.17) is 19.4 Å². The maximum atomic E-state index is 6.68. The van der Waals surface area contributed by atoms with Gasteiger partial charge in [-0.2, -0.15) is 0 Å². The highest BCUT2D eigenvalue weighted by molar-refractivity contribution is 7.26. The predicted molar refractivity (Wildman–Crippen MR) is 264 cm³/mol. The van der Waals surface area contributed by atoms with Gasteiger partial charge >= 0.3 is 0 Å². The van der Waals surface area contributed by atoms with Gasteiger partial charge in [0.25, 0.3) is 0 Å². The summed E-state index contributed by atoms with van der Waals surface area (Å²) in [6, 6.07) is 28.2. The minimum absolute atomic E-state index is 0.638. The Balaban J connectivity index is 1.23. The van der Waals surface area contributed by atoms with Gasteiger partial charge in [-0.25, -0.2) is 15.0 Å². The van der Waals surface area contributed by atoms with E-state index in [1.165, 1.54) is 80.4 Å². The fraction of sp³-hybridized carbons (Fsp3) is 0. The van der Waals surface area contributed by atoms with E-state index in [9.17, 15) is 0 Å². The zero-order valence-corrected chi connectivity index (χ0v) is 33.5. The third-order valence-electron chi connectivity index (χ3n) is 12.5. The van der Waals surface area contributed by atoms with E-state index in [2.05, 4.69) is 157 Å². The highest BCUT2D eigenvalue weighted by Gasteiger charge is 2.22. The topological polar surface area (TPSA) is 51.8 Å². The molecule has 0 bridgehead atoms. The second-order valence-electron chi connectivity index (χ2n) is 15.1. The molecule has 15 heteroatoms. The van der Waals surface area contributed by atoms with Gasteiger partial charge in [0, 0.05) is 47.6 Å². The minimum Gasteiger partial charge on any atom is -0.456 e. The quantitative estimate of drug-likeness (QED) is 0.172. The molecule has 9 rings (SSSR count). The number of rotatable bonds is 4. The number of fused-ring (bicyclic) bond motifs is 6. The van der Waals surface area contributed by atoms with Gasteiger partial charge in [0.2, 0.25) is 0 Å². The van der Waals surface area contributed by atoms with E-state index >= 15 is 0 Å². The fourth-order valence-corrected chi connectivity index (χ4v) is 9.70. The lowest BCUT2D eigenvalue weighted by Crippen LogP contribution is -2.55. The molecule has 6 aromatic carbocycles. The van der Waals surface area contributed by atoms with Gasteiger partial charge in [0.1, 0.15) is 89.6 Å². The first-order valence-corrected chi connectivity index (χ1v) is 19.5. The van der Waals surface area contributed by atoms with Gasteiger partial charge in [0.05, 0.1) is 0 Å². The fourth-order valence-electron chi connectivity index (χ4n) is 8.46. The largest absolute Gasteiger partial charge is 0.456 e. The van der Waals surface area contributed by atoms with Crippen LogP contribution < -0.4 is 54.6 Å². The molecule has 3 aromatic heterocycles. The Hall–Kier alpha value is -5.00. The second kappa shape index (κ2) is 12.8. The van der Waals surface area contributed by atoms with E-state index in [1.807, 2.05) is 11.3 Å². The standard InChI is InChI=1S/C39H33B10N3OS/c40-26-24(27(41)31(45)34(48)30(26)44)38-50-37(51-39(52-38)25-28(42)32(46)35(49)33(47)29(25)43)15-9-11-18-17-10-8-14(12-21(17)53-22(18)13-15)16-5-3-6-20-19-4-1-2-7-23(19)54-36(16)20/h1-13H,40-49H2. The van der Waals surface area contributed by atoms with Crippen molar-refractivity contribution in [1.29, 1.82) is 0 Å². The van der Waals surface area contributed by atoms with Gasteiger partial charge in [-0.15, -0.1) is 44.1 Å². The van der Waals surface area contributed by atoms with E-state index < -0.39 is 0 Å². The maximum absolute atomic E-state index is 6.68. The highest BCUT2D eigenvalue weighted by atomic mass is 32.1. The molecule has 0 fully saturated rings. The second-order valence-corrected chi connectivity index (χ2v) is 16.2. The predicted octanol–water partition coefficient (Wildman–Crippen LogP) is -6.61. The first kappa shape index (κ1) is 34.7. The number of hydrogen-bond acceptors (Lipinski definition) is 5. The summed E-state index contributed by atoms with van der Waals surface area (Å²) in [5, 5.41) is 4.76. The van der Waals surface area contributed by atoms with Gasteiger partial charge in [-0.1, -0.05) is 70.4 Å². The van der Waals surface area contributed by atoms with Crippen molar-refractivity contribution < 1.29 is 4.42 Å². The summed E-state index contributed by atoms with van der Waals surface area (Å²) in [5.74, 6) is 2.05. The Morgan fingerprint density at radius 1 is 0.407 bits per heavy atom. The Morgan fingerprint density at radius 2 is 0.870 bits per heavy atom. The lowest BCUT2D eigenvalue weighted by molar-refractivity contribution is 0.669. The van der Waals surface area contributed by atoms with Gasteiger partial charge in [-0.05, 0) is 41.5 Å². The molecule has 0 aliphatic carbocycles. The SMILES string of the molecule is Bc1c(B)c(B)c(-c2nc(-c3ccc4c(c3)oc3cc(-c5cccc6c5sc5ccccc56)ccc34)nc(-c3c(B)c(B)c(B)c(B)c3B)n2)c(B)c1B. The number of benzene rings is 6. The molecule has 9 aromatic rings. The third kappa shape index (κ3) is 5.22. The minimum atomic E-state index is 0.638. The molecule has 0 aliphatic rings. The number of thiophene rings is 1. The molecule has 0 amide bonds. The molecule has 4 nitrogen and oxygen atoms in total. The van der Waals surface area contributed by atoms with Crippen LogP contribution in [0, 0.1) is 0 Å². The van der Waals surface area contributed by atoms with E-state index in [0.717, 1.165) is 44.2 Å². The van der Waals surface area contributed by atoms with Crippen molar-refractivity contribution in [3.8, 4) is 45.3 Å². The summed E-state index contributed by atoms with van der Waals surface area (Å²) in [7, 11) is 22.0. The van der Waals surface area contributed by atoms with Crippen LogP contribution in [0.25, 0.3) is 87.4 Å². The molecule has 0 atom stereocenters. The summed E-state index contributed by atoms with van der Waals surface area (Å²) < 4.78 is 9.28. The van der Waals surface area contributed by atoms with Crippen molar-refractivity contribution in [2.24, 2.45) is 0 Å². The van der Waals surface area contributed by atoms with Crippen LogP contribution in [0.2, 0.25) is 0 Å². The molecule has 0 N–H and O–H groups in total. The number of aromatic nitrogens is 3. The van der Waals surface area contributed by atoms with E-state index in [0.29, 0.717) is 17.5 Å². The smallest absolute Gasteiger partial charge is 0.164 e. The third-order valence-corrected chi connectivity index (χ3v) is 13.7. The zero-order chi connectivity index (χ0) is 37.7. The Morgan fingerprint density at radius 3 is 1.44 bits per heavy atom. The molecule has 3 heterocycles. The van der Waals surface area contributed by atoms with Crippen LogP contribution in [0.3, 0.4) is 0 Å². The molecule has 0 unspecified atom stereocenters. The van der Waals surface area contributed by atoms with Crippen molar-refractivity contribution in [3.63, 3.8) is 0 Å². The molecule has 0 saturated carbocycles. The van der Waals surface area contributed by atoms with Crippen molar-refractivity contribution in [2.45, 2.75) is 0 Å². The Labute approximate surface area is 328 Å². The number of furan rings is 1. The van der Waals surface area contributed by atoms with Crippen LogP contribution >= 0.6 is 11.3 Å². The van der Waals surface area contributed by atoms with Crippen LogP contribution in [0.15, 0.2) is 83.3 Å². The summed E-state index contributed by atoms with van der Waals surface area (Å²) in [5.41, 5.74) is 19.7. The van der Waals surface area contributed by atoms with Crippen LogP contribution in [0.4, 0.5) is 0 Å². The lowest BCUT2D eigenvalue weighted by Gasteiger charge is -2.22. The average Bonchev–Trinajstić information content (AvgIpc) is 3.75. The van der Waals surface area contributed by atoms with Crippen LogP contribution in [-0.2, 0) is 0 Å². The number of hydrogen-bond donors (Lipinski definition) is 0. The van der Waals surface area contributed by atoms with Gasteiger partial charge < -0.3 is 4.42 Å². The van der Waals surface area contributed by atoms with Gasteiger partial charge in [-0.3, -0.25) is 0 Å². The number of nitrogens with zero attached hydrogens (tertiary/aromatic N) is 3. The first-order valence-electron chi connectivity index (χ1n) is 18.7. The molecule has 0 radical (unpaired) electrons. The average molecular weight is 700 g/mol. The van der Waals surface area contributed by atoms with Crippen LogP contribution in [0.5, 0.6) is 0 Å². The summed E-state index contributed by atoms with van der Waals surface area (Å²) in [6.45, 7) is 0. The molecular weight excluding hydrogens is 667 g/mol. The zero-order valence-electron chi connectivity index (χ0n) is 32.7. The molecule has 0 aliphatic heterocycles. The molecule has 246 valence electrons. The van der Waals surface area contributed by atoms with Crippen molar-refractivity contribution in [3.05, 3.63) is 78.9 Å². The van der Waals surface area contributed by atoms with Crippen molar-refractivity contribution in [2.75, 3.05) is 0 Å². The highest BCUT2D eigenvalue weighted by Crippen LogP contribution is 2.41. The van der Waals surface area contributed by atoms with Crippen LogP contribution in [-0.4, -0.2) is 93.4 Å². The monoisotopic (exact) mass is 701 g/mol. The van der Waals surface area contributed by atoms with E-state index in [1.54, 1.807) is 0 Å².